The summed E-state index contributed by atoms with van der Waals surface area (Å²) in [5, 5.41) is 9.40. The molecule has 5 rings (SSSR count). The summed E-state index contributed by atoms with van der Waals surface area (Å²) in [6.45, 7) is 1.72. The van der Waals surface area contributed by atoms with Crippen LogP contribution in [0.25, 0.3) is 0 Å². The molecule has 0 saturated heterocycles. The van der Waals surface area contributed by atoms with Crippen LogP contribution in [-0.2, 0) is 23.9 Å². The number of rotatable bonds is 12. The van der Waals surface area contributed by atoms with Crippen molar-refractivity contribution in [3.05, 3.63) is 135 Å². The molecule has 0 heterocycles. The van der Waals surface area contributed by atoms with Crippen molar-refractivity contribution in [2.45, 2.75) is 50.2 Å². The van der Waals surface area contributed by atoms with Crippen LogP contribution in [0.1, 0.15) is 64.5 Å². The molecular formula is C36H36Cl2F3NO3. The maximum atomic E-state index is 13.7. The molecular weight excluding hydrogens is 622 g/mol. The molecule has 0 saturated carbocycles. The minimum absolute atomic E-state index is 0. The van der Waals surface area contributed by atoms with Crippen molar-refractivity contribution in [2.24, 2.45) is 0 Å². The van der Waals surface area contributed by atoms with E-state index in [0.717, 1.165) is 41.2 Å². The highest BCUT2D eigenvalue weighted by Gasteiger charge is 2.34. The van der Waals surface area contributed by atoms with E-state index in [9.17, 15) is 23.1 Å². The molecule has 4 aromatic rings. The molecule has 0 bridgehead atoms. The van der Waals surface area contributed by atoms with Crippen LogP contribution < -0.4 is 4.74 Å². The molecule has 1 aliphatic rings. The fourth-order valence-corrected chi connectivity index (χ4v) is 6.40. The highest BCUT2D eigenvalue weighted by molar-refractivity contribution is 6.32. The van der Waals surface area contributed by atoms with Crippen molar-refractivity contribution in [1.29, 1.82) is 0 Å². The van der Waals surface area contributed by atoms with E-state index in [-0.39, 0.29) is 29.9 Å². The Balaban J connectivity index is 0.00000461. The Hall–Kier alpha value is -3.52. The summed E-state index contributed by atoms with van der Waals surface area (Å²) in [4.78, 5) is 13.9. The molecule has 1 N–H and O–H groups in total. The number of alkyl halides is 3. The molecule has 45 heavy (non-hydrogen) atoms. The second-order valence-electron chi connectivity index (χ2n) is 11.2. The summed E-state index contributed by atoms with van der Waals surface area (Å²) in [6, 6.07) is 29.8. The Labute approximate surface area is 273 Å². The van der Waals surface area contributed by atoms with Crippen molar-refractivity contribution >= 4 is 30.0 Å². The van der Waals surface area contributed by atoms with Gasteiger partial charge >= 0.3 is 12.1 Å². The van der Waals surface area contributed by atoms with E-state index in [1.165, 1.54) is 6.07 Å². The zero-order valence-electron chi connectivity index (χ0n) is 24.7. The minimum Gasteiger partial charge on any atom is -0.493 e. The summed E-state index contributed by atoms with van der Waals surface area (Å²) in [7, 11) is 0. The predicted octanol–water partition coefficient (Wildman–Crippen LogP) is 9.39. The third kappa shape index (κ3) is 8.60. The zero-order valence-corrected chi connectivity index (χ0v) is 26.3. The summed E-state index contributed by atoms with van der Waals surface area (Å²) in [5.74, 6) is -0.661. The van der Waals surface area contributed by atoms with Gasteiger partial charge in [-0.3, -0.25) is 9.69 Å². The molecule has 0 amide bonds. The summed E-state index contributed by atoms with van der Waals surface area (Å²) in [5.41, 5.74) is 3.57. The van der Waals surface area contributed by atoms with Gasteiger partial charge in [0.1, 0.15) is 5.75 Å². The first-order valence-electron chi connectivity index (χ1n) is 14.9. The normalized spacial score (nSPS) is 14.6. The lowest BCUT2D eigenvalue weighted by molar-refractivity contribution is -0.139. The topological polar surface area (TPSA) is 49.8 Å². The van der Waals surface area contributed by atoms with Gasteiger partial charge < -0.3 is 9.84 Å². The lowest BCUT2D eigenvalue weighted by atomic mass is 9.82. The van der Waals surface area contributed by atoms with Gasteiger partial charge in [0.2, 0.25) is 0 Å². The summed E-state index contributed by atoms with van der Waals surface area (Å²) < 4.78 is 47.2. The van der Waals surface area contributed by atoms with Gasteiger partial charge in [-0.1, -0.05) is 96.5 Å². The number of halogens is 5. The molecule has 0 aromatic heterocycles. The van der Waals surface area contributed by atoms with Crippen LogP contribution in [0.15, 0.2) is 97.1 Å². The van der Waals surface area contributed by atoms with Gasteiger partial charge in [0.15, 0.2) is 0 Å². The first kappa shape index (κ1) is 34.4. The van der Waals surface area contributed by atoms with Crippen LogP contribution in [0.3, 0.4) is 0 Å². The Morgan fingerprint density at radius 2 is 1.58 bits per heavy atom. The van der Waals surface area contributed by atoms with Crippen molar-refractivity contribution in [1.82, 2.24) is 4.90 Å². The maximum absolute atomic E-state index is 13.7. The van der Waals surface area contributed by atoms with E-state index in [4.69, 9.17) is 16.3 Å². The van der Waals surface area contributed by atoms with Crippen LogP contribution in [0.5, 0.6) is 5.75 Å². The summed E-state index contributed by atoms with van der Waals surface area (Å²) >= 11 is 6.34. The fourth-order valence-electron chi connectivity index (χ4n) is 6.11. The van der Waals surface area contributed by atoms with E-state index >= 15 is 0 Å². The molecule has 1 aliphatic carbocycles. The van der Waals surface area contributed by atoms with Gasteiger partial charge in [0, 0.05) is 25.6 Å². The molecule has 0 aliphatic heterocycles. The molecule has 4 aromatic carbocycles. The highest BCUT2D eigenvalue weighted by atomic mass is 35.5. The number of carbonyl (C=O) groups is 1. The van der Waals surface area contributed by atoms with Crippen LogP contribution in [0, 0.1) is 0 Å². The Morgan fingerprint density at radius 1 is 0.933 bits per heavy atom. The number of carboxylic acid groups (broad SMARTS) is 1. The third-order valence-corrected chi connectivity index (χ3v) is 8.71. The number of nitrogens with zero attached hydrogens (tertiary/aromatic N) is 1. The Bertz CT molecular complexity index is 1510. The van der Waals surface area contributed by atoms with Gasteiger partial charge in [-0.25, -0.2) is 0 Å². The number of benzene rings is 4. The molecule has 1 atom stereocenters. The van der Waals surface area contributed by atoms with Crippen LogP contribution in [-0.4, -0.2) is 35.7 Å². The van der Waals surface area contributed by atoms with Gasteiger partial charge in [-0.15, -0.1) is 12.4 Å². The van der Waals surface area contributed by atoms with E-state index < -0.39 is 23.6 Å². The zero-order chi connectivity index (χ0) is 31.1. The SMILES string of the molecule is Cl.O=C(O)C1CCCc2c(OCCCN(Cc3cccc(C(F)(F)F)c3Cl)CC(c3ccccc3)c3ccccc3)cccc21. The lowest BCUT2D eigenvalue weighted by Gasteiger charge is -2.29. The standard InChI is InChI=1S/C36H35ClF3NO3.ClH/c37-34-27(15-7-19-32(34)36(38,39)40)23-41(24-31(25-11-3-1-4-12-25)26-13-5-2-6-14-26)21-10-22-44-33-20-9-16-28-29(33)17-8-18-30(28)35(42)43;/h1-7,9,11-16,19-20,30-31H,8,10,17-18,21-24H2,(H,42,43);1H. The smallest absolute Gasteiger partial charge is 0.417 e. The quantitative estimate of drug-likeness (QED) is 0.154. The van der Waals surface area contributed by atoms with Crippen molar-refractivity contribution in [2.75, 3.05) is 19.7 Å². The number of carboxylic acids is 1. The lowest BCUT2D eigenvalue weighted by Crippen LogP contribution is -2.31. The molecule has 0 spiro atoms. The van der Waals surface area contributed by atoms with E-state index in [1.54, 1.807) is 6.07 Å². The molecule has 0 fully saturated rings. The molecule has 1 unspecified atom stereocenters. The average molecular weight is 659 g/mol. The van der Waals surface area contributed by atoms with E-state index in [2.05, 4.69) is 29.2 Å². The van der Waals surface area contributed by atoms with Crippen molar-refractivity contribution in [3.8, 4) is 5.75 Å². The number of hydrogen-bond acceptors (Lipinski definition) is 3. The van der Waals surface area contributed by atoms with Crippen LogP contribution >= 0.6 is 24.0 Å². The first-order valence-corrected chi connectivity index (χ1v) is 15.2. The van der Waals surface area contributed by atoms with Crippen molar-refractivity contribution in [3.63, 3.8) is 0 Å². The fraction of sp³-hybridized carbons (Fsp3) is 0.306. The predicted molar refractivity (Wildman–Crippen MR) is 174 cm³/mol. The van der Waals surface area contributed by atoms with Gasteiger partial charge in [0.25, 0.3) is 0 Å². The van der Waals surface area contributed by atoms with Crippen molar-refractivity contribution < 1.29 is 27.8 Å². The molecule has 9 heteroatoms. The number of hydrogen-bond donors (Lipinski definition) is 1. The van der Waals surface area contributed by atoms with Gasteiger partial charge in [0.05, 0.1) is 23.1 Å². The maximum Gasteiger partial charge on any atom is 0.417 e. The Kier molecular flexibility index (Phi) is 12.0. The average Bonchev–Trinajstić information content (AvgIpc) is 3.02. The van der Waals surface area contributed by atoms with Crippen LogP contribution in [0.4, 0.5) is 13.2 Å². The Morgan fingerprint density at radius 3 is 2.20 bits per heavy atom. The van der Waals surface area contributed by atoms with Gasteiger partial charge in [-0.2, -0.15) is 13.2 Å². The largest absolute Gasteiger partial charge is 0.493 e. The first-order chi connectivity index (χ1) is 21.2. The van der Waals surface area contributed by atoms with Gasteiger partial charge in [-0.05, 0) is 65.6 Å². The second-order valence-corrected chi connectivity index (χ2v) is 11.6. The minimum atomic E-state index is -4.54. The highest BCUT2D eigenvalue weighted by Crippen LogP contribution is 2.38. The number of fused-ring (bicyclic) bond motifs is 1. The molecule has 0 radical (unpaired) electrons. The third-order valence-electron chi connectivity index (χ3n) is 8.26. The summed E-state index contributed by atoms with van der Waals surface area (Å²) in [6.07, 6.45) is -1.76. The van der Waals surface area contributed by atoms with E-state index in [0.29, 0.717) is 43.9 Å². The second kappa shape index (κ2) is 15.7. The number of ether oxygens (including phenoxy) is 1. The monoisotopic (exact) mass is 657 g/mol. The number of aliphatic carboxylic acids is 1. The molecule has 238 valence electrons. The van der Waals surface area contributed by atoms with Crippen LogP contribution in [0.2, 0.25) is 5.02 Å². The molecule has 4 nitrogen and oxygen atoms in total. The van der Waals surface area contributed by atoms with E-state index in [1.807, 2.05) is 54.6 Å².